The fraction of sp³-hybridized carbons (Fsp3) is 0.438. The van der Waals surface area contributed by atoms with E-state index in [1.807, 2.05) is 12.1 Å². The molecule has 0 aliphatic heterocycles. The maximum atomic E-state index is 5.99. The van der Waals surface area contributed by atoms with Gasteiger partial charge in [-0.05, 0) is 43.0 Å². The summed E-state index contributed by atoms with van der Waals surface area (Å²) in [4.78, 5) is 4.38. The Balaban J connectivity index is 1.90. The number of nitrogen functional groups attached to an aromatic ring is 1. The number of fused-ring (bicyclic) bond motifs is 1. The molecule has 19 heavy (non-hydrogen) atoms. The molecule has 0 spiro atoms. The Bertz CT molecular complexity index is 579. The number of hydrogen-bond acceptors (Lipinski definition) is 3. The molecular formula is C16H21N3. The second kappa shape index (κ2) is 5.08. The van der Waals surface area contributed by atoms with Gasteiger partial charge in [-0.15, -0.1) is 0 Å². The van der Waals surface area contributed by atoms with E-state index < -0.39 is 0 Å². The molecular weight excluding hydrogens is 234 g/mol. The normalized spacial score (nSPS) is 23.4. The van der Waals surface area contributed by atoms with Gasteiger partial charge in [0.1, 0.15) is 0 Å². The van der Waals surface area contributed by atoms with Crippen molar-refractivity contribution < 1.29 is 0 Å². The first-order valence-electron chi connectivity index (χ1n) is 7.14. The third-order valence-corrected chi connectivity index (χ3v) is 4.10. The van der Waals surface area contributed by atoms with E-state index >= 15 is 0 Å². The van der Waals surface area contributed by atoms with E-state index in [0.29, 0.717) is 6.04 Å². The summed E-state index contributed by atoms with van der Waals surface area (Å²) in [5.74, 6) is 0.824. The highest BCUT2D eigenvalue weighted by atomic mass is 14.9. The maximum Gasteiger partial charge on any atom is 0.0951 e. The largest absolute Gasteiger partial charge is 0.397 e. The Hall–Kier alpha value is -1.77. The molecule has 1 heterocycles. The van der Waals surface area contributed by atoms with Crippen molar-refractivity contribution in [3.8, 4) is 0 Å². The summed E-state index contributed by atoms with van der Waals surface area (Å²) < 4.78 is 0. The van der Waals surface area contributed by atoms with Crippen molar-refractivity contribution in [3.63, 3.8) is 0 Å². The van der Waals surface area contributed by atoms with Crippen LogP contribution in [0.25, 0.3) is 10.9 Å². The van der Waals surface area contributed by atoms with Crippen molar-refractivity contribution in [3.05, 3.63) is 30.5 Å². The highest BCUT2D eigenvalue weighted by Crippen LogP contribution is 2.30. The molecule has 1 aliphatic carbocycles. The zero-order valence-electron chi connectivity index (χ0n) is 11.4. The van der Waals surface area contributed by atoms with Gasteiger partial charge in [0, 0.05) is 23.3 Å². The summed E-state index contributed by atoms with van der Waals surface area (Å²) in [6, 6.07) is 8.67. The Morgan fingerprint density at radius 2 is 2.16 bits per heavy atom. The van der Waals surface area contributed by atoms with E-state index in [1.165, 1.54) is 25.7 Å². The van der Waals surface area contributed by atoms with E-state index in [2.05, 4.69) is 29.4 Å². The fourth-order valence-corrected chi connectivity index (χ4v) is 3.11. The minimum Gasteiger partial charge on any atom is -0.397 e. The Morgan fingerprint density at radius 3 is 3.00 bits per heavy atom. The third-order valence-electron chi connectivity index (χ3n) is 4.10. The second-order valence-electron chi connectivity index (χ2n) is 5.71. The van der Waals surface area contributed by atoms with Gasteiger partial charge in [-0.3, -0.25) is 4.98 Å². The standard InChI is InChI=1S/C16H21N3/c1-11-4-2-5-12(10-11)19-15-8-7-14(17)16-13(15)6-3-9-18-16/h3,6-9,11-12,19H,2,4-5,10,17H2,1H3. The van der Waals surface area contributed by atoms with Crippen molar-refractivity contribution >= 4 is 22.3 Å². The van der Waals surface area contributed by atoms with E-state index in [9.17, 15) is 0 Å². The van der Waals surface area contributed by atoms with Gasteiger partial charge in [-0.2, -0.15) is 0 Å². The van der Waals surface area contributed by atoms with Crippen LogP contribution in [0.5, 0.6) is 0 Å². The number of nitrogens with zero attached hydrogens (tertiary/aromatic N) is 1. The summed E-state index contributed by atoms with van der Waals surface area (Å²) in [6.07, 6.45) is 7.00. The van der Waals surface area contributed by atoms with Crippen LogP contribution in [0, 0.1) is 5.92 Å². The Labute approximate surface area is 114 Å². The topological polar surface area (TPSA) is 50.9 Å². The first-order chi connectivity index (χ1) is 9.24. The lowest BCUT2D eigenvalue weighted by atomic mass is 9.87. The molecule has 3 heteroatoms. The van der Waals surface area contributed by atoms with Gasteiger partial charge in [0.25, 0.3) is 0 Å². The third kappa shape index (κ3) is 2.50. The zero-order chi connectivity index (χ0) is 13.2. The number of aromatic nitrogens is 1. The average Bonchev–Trinajstić information content (AvgIpc) is 2.42. The molecule has 2 atom stereocenters. The number of benzene rings is 1. The molecule has 2 unspecified atom stereocenters. The lowest BCUT2D eigenvalue weighted by Gasteiger charge is -2.28. The highest BCUT2D eigenvalue weighted by molar-refractivity contribution is 5.98. The highest BCUT2D eigenvalue weighted by Gasteiger charge is 2.19. The van der Waals surface area contributed by atoms with Crippen molar-refractivity contribution in [1.82, 2.24) is 4.98 Å². The molecule has 1 aliphatic rings. The molecule has 1 aromatic carbocycles. The van der Waals surface area contributed by atoms with Crippen LogP contribution in [-0.2, 0) is 0 Å². The molecule has 0 saturated heterocycles. The predicted octanol–water partition coefficient (Wildman–Crippen LogP) is 3.81. The van der Waals surface area contributed by atoms with Crippen LogP contribution in [0.2, 0.25) is 0 Å². The van der Waals surface area contributed by atoms with Crippen LogP contribution < -0.4 is 11.1 Å². The zero-order valence-corrected chi connectivity index (χ0v) is 11.4. The van der Waals surface area contributed by atoms with E-state index in [0.717, 1.165) is 28.2 Å². The van der Waals surface area contributed by atoms with Crippen molar-refractivity contribution in [2.24, 2.45) is 5.92 Å². The molecule has 0 amide bonds. The predicted molar refractivity (Wildman–Crippen MR) is 81.2 cm³/mol. The van der Waals surface area contributed by atoms with E-state index in [-0.39, 0.29) is 0 Å². The molecule has 1 aromatic heterocycles. The van der Waals surface area contributed by atoms with E-state index in [1.54, 1.807) is 6.20 Å². The van der Waals surface area contributed by atoms with Crippen molar-refractivity contribution in [2.75, 3.05) is 11.1 Å². The van der Waals surface area contributed by atoms with Gasteiger partial charge in [0.05, 0.1) is 11.2 Å². The minimum atomic E-state index is 0.579. The Kier molecular flexibility index (Phi) is 3.28. The summed E-state index contributed by atoms with van der Waals surface area (Å²) in [5, 5.41) is 4.81. The summed E-state index contributed by atoms with van der Waals surface area (Å²) in [7, 11) is 0. The molecule has 1 saturated carbocycles. The van der Waals surface area contributed by atoms with Crippen LogP contribution in [0.15, 0.2) is 30.5 Å². The number of nitrogens with one attached hydrogen (secondary N) is 1. The van der Waals surface area contributed by atoms with Gasteiger partial charge in [-0.1, -0.05) is 19.8 Å². The van der Waals surface area contributed by atoms with Gasteiger partial charge in [0.15, 0.2) is 0 Å². The van der Waals surface area contributed by atoms with Gasteiger partial charge >= 0.3 is 0 Å². The molecule has 100 valence electrons. The van der Waals surface area contributed by atoms with Crippen LogP contribution in [0.4, 0.5) is 11.4 Å². The second-order valence-corrected chi connectivity index (χ2v) is 5.71. The number of rotatable bonds is 2. The number of pyridine rings is 1. The number of nitrogens with two attached hydrogens (primary N) is 1. The fourth-order valence-electron chi connectivity index (χ4n) is 3.11. The summed E-state index contributed by atoms with van der Waals surface area (Å²) in [6.45, 7) is 2.34. The average molecular weight is 255 g/mol. The van der Waals surface area contributed by atoms with Crippen molar-refractivity contribution in [2.45, 2.75) is 38.6 Å². The summed E-state index contributed by atoms with van der Waals surface area (Å²) >= 11 is 0. The van der Waals surface area contributed by atoms with Gasteiger partial charge in [0.2, 0.25) is 0 Å². The van der Waals surface area contributed by atoms with Gasteiger partial charge in [-0.25, -0.2) is 0 Å². The molecule has 0 bridgehead atoms. The molecule has 0 radical (unpaired) electrons. The molecule has 3 nitrogen and oxygen atoms in total. The first-order valence-corrected chi connectivity index (χ1v) is 7.14. The molecule has 2 aromatic rings. The molecule has 3 rings (SSSR count). The molecule has 1 fully saturated rings. The lowest BCUT2D eigenvalue weighted by Crippen LogP contribution is -2.26. The van der Waals surface area contributed by atoms with Crippen LogP contribution in [0.1, 0.15) is 32.6 Å². The monoisotopic (exact) mass is 255 g/mol. The quantitative estimate of drug-likeness (QED) is 0.802. The van der Waals surface area contributed by atoms with Gasteiger partial charge < -0.3 is 11.1 Å². The minimum absolute atomic E-state index is 0.579. The maximum absolute atomic E-state index is 5.99. The van der Waals surface area contributed by atoms with E-state index in [4.69, 9.17) is 5.73 Å². The van der Waals surface area contributed by atoms with Crippen LogP contribution in [0.3, 0.4) is 0 Å². The smallest absolute Gasteiger partial charge is 0.0951 e. The van der Waals surface area contributed by atoms with Crippen LogP contribution in [-0.4, -0.2) is 11.0 Å². The Morgan fingerprint density at radius 1 is 1.26 bits per heavy atom. The molecule has 3 N–H and O–H groups in total. The summed E-state index contributed by atoms with van der Waals surface area (Å²) in [5.41, 5.74) is 8.80. The number of anilines is 2. The van der Waals surface area contributed by atoms with Crippen molar-refractivity contribution in [1.29, 1.82) is 0 Å². The van der Waals surface area contributed by atoms with Crippen LogP contribution >= 0.6 is 0 Å². The first kappa shape index (κ1) is 12.3. The lowest BCUT2D eigenvalue weighted by molar-refractivity contribution is 0.359. The SMILES string of the molecule is CC1CCCC(Nc2ccc(N)c3ncccc23)C1. The number of hydrogen-bond donors (Lipinski definition) is 2.